The van der Waals surface area contributed by atoms with Crippen LogP contribution in [0, 0.1) is 13.8 Å². The van der Waals surface area contributed by atoms with Crippen molar-refractivity contribution in [2.24, 2.45) is 5.73 Å². The average Bonchev–Trinajstić information content (AvgIpc) is 2.44. The van der Waals surface area contributed by atoms with E-state index in [2.05, 4.69) is 50.2 Å². The number of nitrogens with two attached hydrogens (primary N) is 2. The van der Waals surface area contributed by atoms with E-state index in [9.17, 15) is 0 Å². The van der Waals surface area contributed by atoms with Gasteiger partial charge >= 0.3 is 0 Å². The van der Waals surface area contributed by atoms with E-state index in [4.69, 9.17) is 11.5 Å². The highest BCUT2D eigenvalue weighted by Crippen LogP contribution is 2.39. The summed E-state index contributed by atoms with van der Waals surface area (Å²) in [4.78, 5) is 0. The number of hydrogen-bond acceptors (Lipinski definition) is 3. The third-order valence-electron chi connectivity index (χ3n) is 3.40. The lowest BCUT2D eigenvalue weighted by Crippen LogP contribution is -2.08. The van der Waals surface area contributed by atoms with E-state index in [0.717, 1.165) is 11.4 Å². The Morgan fingerprint density at radius 3 is 2.50 bits per heavy atom. The van der Waals surface area contributed by atoms with Gasteiger partial charge in [-0.05, 0) is 36.6 Å². The van der Waals surface area contributed by atoms with Crippen molar-refractivity contribution < 1.29 is 0 Å². The van der Waals surface area contributed by atoms with Gasteiger partial charge in [-0.3, -0.25) is 0 Å². The molecule has 0 bridgehead atoms. The minimum Gasteiger partial charge on any atom is -0.398 e. The van der Waals surface area contributed by atoms with Gasteiger partial charge in [-0.2, -0.15) is 0 Å². The van der Waals surface area contributed by atoms with E-state index in [-0.39, 0.29) is 5.25 Å². The van der Waals surface area contributed by atoms with Crippen molar-refractivity contribution in [3.05, 3.63) is 64.7 Å². The van der Waals surface area contributed by atoms with Crippen LogP contribution in [0.1, 0.15) is 27.5 Å². The molecule has 0 aromatic heterocycles. The van der Waals surface area contributed by atoms with E-state index >= 15 is 0 Å². The molecular formula is C17H22N2S. The van der Waals surface area contributed by atoms with Gasteiger partial charge in [-0.15, -0.1) is 11.8 Å². The Labute approximate surface area is 125 Å². The third-order valence-corrected chi connectivity index (χ3v) is 4.71. The predicted octanol–water partition coefficient (Wildman–Crippen LogP) is 3.67. The van der Waals surface area contributed by atoms with Gasteiger partial charge in [0.25, 0.3) is 0 Å². The number of aryl methyl sites for hydroxylation is 2. The lowest BCUT2D eigenvalue weighted by molar-refractivity contribution is 1.09. The first-order valence-corrected chi connectivity index (χ1v) is 7.91. The van der Waals surface area contributed by atoms with Crippen molar-refractivity contribution in [2.75, 3.05) is 18.0 Å². The molecule has 0 radical (unpaired) electrons. The van der Waals surface area contributed by atoms with Gasteiger partial charge in [0.1, 0.15) is 0 Å². The molecule has 0 aliphatic carbocycles. The first-order chi connectivity index (χ1) is 9.63. The molecular weight excluding hydrogens is 264 g/mol. The standard InChI is InChI=1S/C17H22N2S/c1-12-7-8-16(19)15(11-12)17(20-10-9-18)14-6-4-3-5-13(14)2/h3-8,11,17H,9-10,18-19H2,1-2H3. The molecule has 0 spiro atoms. The molecule has 1 atom stereocenters. The fourth-order valence-electron chi connectivity index (χ4n) is 2.34. The van der Waals surface area contributed by atoms with Crippen molar-refractivity contribution >= 4 is 17.4 Å². The first kappa shape index (κ1) is 14.9. The zero-order chi connectivity index (χ0) is 14.5. The van der Waals surface area contributed by atoms with E-state index in [1.165, 1.54) is 22.3 Å². The van der Waals surface area contributed by atoms with Crippen LogP contribution in [0.2, 0.25) is 0 Å². The Hall–Kier alpha value is -1.45. The molecule has 0 aliphatic heterocycles. The molecule has 20 heavy (non-hydrogen) atoms. The Kier molecular flexibility index (Phi) is 5.10. The van der Waals surface area contributed by atoms with Gasteiger partial charge in [0.05, 0.1) is 5.25 Å². The fraction of sp³-hybridized carbons (Fsp3) is 0.294. The molecule has 2 aromatic rings. The Bertz CT molecular complexity index is 581. The summed E-state index contributed by atoms with van der Waals surface area (Å²) >= 11 is 1.86. The van der Waals surface area contributed by atoms with Crippen LogP contribution in [0.25, 0.3) is 0 Å². The van der Waals surface area contributed by atoms with Crippen molar-refractivity contribution in [1.82, 2.24) is 0 Å². The number of nitrogen functional groups attached to an aromatic ring is 1. The van der Waals surface area contributed by atoms with E-state index in [1.807, 2.05) is 17.8 Å². The van der Waals surface area contributed by atoms with Crippen LogP contribution in [0.3, 0.4) is 0 Å². The number of hydrogen-bond donors (Lipinski definition) is 2. The van der Waals surface area contributed by atoms with Gasteiger partial charge in [0.15, 0.2) is 0 Å². The van der Waals surface area contributed by atoms with E-state index in [0.29, 0.717) is 6.54 Å². The second-order valence-corrected chi connectivity index (χ2v) is 6.24. The summed E-state index contributed by atoms with van der Waals surface area (Å²) in [5, 5.41) is 0.250. The minimum atomic E-state index is 0.250. The van der Waals surface area contributed by atoms with Gasteiger partial charge < -0.3 is 11.5 Å². The average molecular weight is 286 g/mol. The van der Waals surface area contributed by atoms with Crippen molar-refractivity contribution in [1.29, 1.82) is 0 Å². The molecule has 2 rings (SSSR count). The maximum Gasteiger partial charge on any atom is 0.0570 e. The van der Waals surface area contributed by atoms with Gasteiger partial charge in [0.2, 0.25) is 0 Å². The lowest BCUT2D eigenvalue weighted by atomic mass is 9.97. The highest BCUT2D eigenvalue weighted by atomic mass is 32.2. The van der Waals surface area contributed by atoms with Crippen LogP contribution in [0.4, 0.5) is 5.69 Å². The van der Waals surface area contributed by atoms with E-state index in [1.54, 1.807) is 0 Å². The molecule has 3 heteroatoms. The third kappa shape index (κ3) is 3.35. The largest absolute Gasteiger partial charge is 0.398 e. The van der Waals surface area contributed by atoms with Crippen LogP contribution in [-0.4, -0.2) is 12.3 Å². The summed E-state index contributed by atoms with van der Waals surface area (Å²) in [7, 11) is 0. The molecule has 1 unspecified atom stereocenters. The molecule has 4 N–H and O–H groups in total. The van der Waals surface area contributed by atoms with Crippen LogP contribution in [0.5, 0.6) is 0 Å². The maximum absolute atomic E-state index is 6.20. The van der Waals surface area contributed by atoms with Crippen LogP contribution in [-0.2, 0) is 0 Å². The van der Waals surface area contributed by atoms with Gasteiger partial charge in [-0.1, -0.05) is 42.0 Å². The molecule has 0 aliphatic rings. The first-order valence-electron chi connectivity index (χ1n) is 6.86. The predicted molar refractivity (Wildman–Crippen MR) is 90.1 cm³/mol. The number of thioether (sulfide) groups is 1. The lowest BCUT2D eigenvalue weighted by Gasteiger charge is -2.21. The van der Waals surface area contributed by atoms with Crippen LogP contribution < -0.4 is 11.5 Å². The summed E-state index contributed by atoms with van der Waals surface area (Å²) < 4.78 is 0. The summed E-state index contributed by atoms with van der Waals surface area (Å²) in [6.07, 6.45) is 0. The molecule has 0 saturated carbocycles. The normalized spacial score (nSPS) is 12.3. The number of benzene rings is 2. The second kappa shape index (κ2) is 6.82. The smallest absolute Gasteiger partial charge is 0.0570 e. The Balaban J connectivity index is 2.47. The molecule has 2 aromatic carbocycles. The Morgan fingerprint density at radius 1 is 1.05 bits per heavy atom. The topological polar surface area (TPSA) is 52.0 Å². The number of anilines is 1. The molecule has 0 fully saturated rings. The Morgan fingerprint density at radius 2 is 1.80 bits per heavy atom. The SMILES string of the molecule is Cc1ccc(N)c(C(SCCN)c2ccccc2C)c1. The molecule has 0 saturated heterocycles. The van der Waals surface area contributed by atoms with Crippen molar-refractivity contribution in [3.63, 3.8) is 0 Å². The molecule has 0 heterocycles. The summed E-state index contributed by atoms with van der Waals surface area (Å²) in [5.41, 5.74) is 17.8. The number of rotatable bonds is 5. The second-order valence-electron chi connectivity index (χ2n) is 5.03. The maximum atomic E-state index is 6.20. The summed E-state index contributed by atoms with van der Waals surface area (Å²) in [6, 6.07) is 14.7. The van der Waals surface area contributed by atoms with Crippen LogP contribution >= 0.6 is 11.8 Å². The zero-order valence-corrected chi connectivity index (χ0v) is 12.9. The molecule has 106 valence electrons. The van der Waals surface area contributed by atoms with Crippen LogP contribution in [0.15, 0.2) is 42.5 Å². The minimum absolute atomic E-state index is 0.250. The summed E-state index contributed by atoms with van der Waals surface area (Å²) in [6.45, 7) is 4.93. The zero-order valence-electron chi connectivity index (χ0n) is 12.1. The van der Waals surface area contributed by atoms with Crippen molar-refractivity contribution in [2.45, 2.75) is 19.1 Å². The highest BCUT2D eigenvalue weighted by molar-refractivity contribution is 7.99. The van der Waals surface area contributed by atoms with Gasteiger partial charge in [-0.25, -0.2) is 0 Å². The fourth-order valence-corrected chi connectivity index (χ4v) is 3.53. The van der Waals surface area contributed by atoms with E-state index < -0.39 is 0 Å². The highest BCUT2D eigenvalue weighted by Gasteiger charge is 2.18. The quantitative estimate of drug-likeness (QED) is 0.825. The molecule has 0 amide bonds. The molecule has 2 nitrogen and oxygen atoms in total. The monoisotopic (exact) mass is 286 g/mol. The summed E-state index contributed by atoms with van der Waals surface area (Å²) in [5.74, 6) is 0.923. The van der Waals surface area contributed by atoms with Crippen molar-refractivity contribution in [3.8, 4) is 0 Å². The van der Waals surface area contributed by atoms with Gasteiger partial charge in [0, 0.05) is 18.0 Å².